The maximum Gasteiger partial charge on any atom is 0.326 e. The Kier molecular flexibility index (Phi) is 4.28. The lowest BCUT2D eigenvalue weighted by atomic mass is 9.84. The summed E-state index contributed by atoms with van der Waals surface area (Å²) in [6.07, 6.45) is 4.75. The number of likely N-dealkylation sites (tertiary alicyclic amines) is 1. The molecule has 1 heterocycles. The summed E-state index contributed by atoms with van der Waals surface area (Å²) in [7, 11) is 0. The first-order valence-electron chi connectivity index (χ1n) is 8.79. The fourth-order valence-electron chi connectivity index (χ4n) is 4.47. The van der Waals surface area contributed by atoms with E-state index >= 15 is 0 Å². The smallest absolute Gasteiger partial charge is 0.326 e. The number of nitrogens with zero attached hydrogens (tertiary/aromatic N) is 1. The zero-order valence-electron chi connectivity index (χ0n) is 13.8. The monoisotopic (exact) mass is 401 g/mol. The number of carbonyl (C=O) groups excluding carboxylic acids is 1. The molecule has 2 fully saturated rings. The summed E-state index contributed by atoms with van der Waals surface area (Å²) >= 11 is 3.46. The Morgan fingerprint density at radius 3 is 2.56 bits per heavy atom. The third kappa shape index (κ3) is 2.95. The minimum atomic E-state index is -0.882. The highest BCUT2D eigenvalue weighted by molar-refractivity contribution is 9.10. The molecule has 1 saturated carbocycles. The van der Waals surface area contributed by atoms with Crippen molar-refractivity contribution in [2.24, 2.45) is 5.92 Å². The molecule has 4 rings (SSSR count). The number of hydrogen-bond donors (Lipinski definition) is 1. The van der Waals surface area contributed by atoms with E-state index in [2.05, 4.69) is 15.9 Å². The number of fused-ring (bicyclic) bond motifs is 2. The molecule has 2 aromatic rings. The van der Waals surface area contributed by atoms with Crippen LogP contribution in [0.4, 0.5) is 0 Å². The largest absolute Gasteiger partial charge is 0.480 e. The molecule has 1 amide bonds. The van der Waals surface area contributed by atoms with Gasteiger partial charge in [-0.1, -0.05) is 40.9 Å². The molecule has 4 nitrogen and oxygen atoms in total. The van der Waals surface area contributed by atoms with Crippen molar-refractivity contribution in [1.82, 2.24) is 4.90 Å². The Morgan fingerprint density at radius 1 is 1.04 bits per heavy atom. The van der Waals surface area contributed by atoms with Crippen LogP contribution >= 0.6 is 15.9 Å². The highest BCUT2D eigenvalue weighted by Gasteiger charge is 2.47. The molecule has 0 radical (unpaired) electrons. The van der Waals surface area contributed by atoms with Crippen LogP contribution in [-0.4, -0.2) is 34.0 Å². The molecule has 2 aromatic carbocycles. The van der Waals surface area contributed by atoms with E-state index in [1.54, 1.807) is 4.90 Å². The fraction of sp³-hybridized carbons (Fsp3) is 0.400. The fourth-order valence-corrected chi connectivity index (χ4v) is 4.85. The quantitative estimate of drug-likeness (QED) is 0.807. The average Bonchev–Trinajstić information content (AvgIpc) is 3.00. The summed E-state index contributed by atoms with van der Waals surface area (Å²) in [6.45, 7) is 0. The molecule has 2 aliphatic rings. The molecule has 0 aromatic heterocycles. The third-order valence-electron chi connectivity index (χ3n) is 5.66. The molecule has 5 heteroatoms. The number of aliphatic carboxylic acids is 1. The first kappa shape index (κ1) is 16.6. The molecule has 1 aliphatic carbocycles. The second kappa shape index (κ2) is 6.45. The van der Waals surface area contributed by atoms with Gasteiger partial charge >= 0.3 is 5.97 Å². The minimum absolute atomic E-state index is 0.0722. The van der Waals surface area contributed by atoms with Crippen LogP contribution in [-0.2, 0) is 4.79 Å². The van der Waals surface area contributed by atoms with Gasteiger partial charge in [0, 0.05) is 16.1 Å². The Bertz CT molecular complexity index is 850. The second-order valence-corrected chi connectivity index (χ2v) is 8.04. The van der Waals surface area contributed by atoms with Gasteiger partial charge in [0.2, 0.25) is 0 Å². The zero-order valence-corrected chi connectivity index (χ0v) is 15.4. The Balaban J connectivity index is 1.70. The van der Waals surface area contributed by atoms with Gasteiger partial charge in [-0.15, -0.1) is 0 Å². The first-order valence-corrected chi connectivity index (χ1v) is 9.58. The van der Waals surface area contributed by atoms with E-state index in [4.69, 9.17) is 0 Å². The summed E-state index contributed by atoms with van der Waals surface area (Å²) in [4.78, 5) is 26.6. The predicted octanol–water partition coefficient (Wildman–Crippen LogP) is 4.46. The number of halogens is 1. The number of rotatable bonds is 2. The van der Waals surface area contributed by atoms with Crippen molar-refractivity contribution in [2.75, 3.05) is 0 Å². The van der Waals surface area contributed by atoms with E-state index < -0.39 is 12.0 Å². The Morgan fingerprint density at radius 2 is 1.76 bits per heavy atom. The van der Waals surface area contributed by atoms with Gasteiger partial charge in [0.15, 0.2) is 0 Å². The standard InChI is InChI=1S/C20H20BrNO3/c21-16-8-7-12-9-15(6-5-13(12)10-16)19(23)22-17-4-2-1-3-14(17)11-18(22)20(24)25/h5-10,14,17-18H,1-4,11H2,(H,24,25)/t14-,17-,18-/m0/s1. The minimum Gasteiger partial charge on any atom is -0.480 e. The number of carboxylic acids is 1. The number of carboxylic acid groups (broad SMARTS) is 1. The zero-order chi connectivity index (χ0) is 17.6. The van der Waals surface area contributed by atoms with E-state index in [1.165, 1.54) is 0 Å². The summed E-state index contributed by atoms with van der Waals surface area (Å²) in [6, 6.07) is 10.9. The van der Waals surface area contributed by atoms with Gasteiger partial charge in [0.1, 0.15) is 6.04 Å². The van der Waals surface area contributed by atoms with Gasteiger partial charge in [0.25, 0.3) is 5.91 Å². The summed E-state index contributed by atoms with van der Waals surface area (Å²) in [5.74, 6) is -0.700. The van der Waals surface area contributed by atoms with Crippen molar-refractivity contribution in [1.29, 1.82) is 0 Å². The van der Waals surface area contributed by atoms with Gasteiger partial charge in [0.05, 0.1) is 0 Å². The summed E-state index contributed by atoms with van der Waals surface area (Å²) < 4.78 is 0.995. The van der Waals surface area contributed by atoms with E-state index in [-0.39, 0.29) is 11.9 Å². The molecule has 130 valence electrons. The van der Waals surface area contributed by atoms with E-state index in [0.717, 1.165) is 40.9 Å². The lowest BCUT2D eigenvalue weighted by molar-refractivity contribution is -0.141. The Labute approximate surface area is 154 Å². The second-order valence-electron chi connectivity index (χ2n) is 7.12. The molecule has 0 bridgehead atoms. The van der Waals surface area contributed by atoms with Crippen molar-refractivity contribution < 1.29 is 14.7 Å². The highest BCUT2D eigenvalue weighted by atomic mass is 79.9. The van der Waals surface area contributed by atoms with E-state index in [9.17, 15) is 14.7 Å². The number of carbonyl (C=O) groups is 2. The number of amides is 1. The van der Waals surface area contributed by atoms with Crippen molar-refractivity contribution in [2.45, 2.75) is 44.2 Å². The van der Waals surface area contributed by atoms with E-state index in [0.29, 0.717) is 17.9 Å². The van der Waals surface area contributed by atoms with Gasteiger partial charge in [-0.2, -0.15) is 0 Å². The molecule has 1 N–H and O–H groups in total. The van der Waals surface area contributed by atoms with Crippen LogP contribution in [0.3, 0.4) is 0 Å². The van der Waals surface area contributed by atoms with Gasteiger partial charge in [-0.3, -0.25) is 4.79 Å². The van der Waals surface area contributed by atoms with Crippen molar-refractivity contribution in [3.63, 3.8) is 0 Å². The number of benzene rings is 2. The first-order chi connectivity index (χ1) is 12.0. The molecular weight excluding hydrogens is 382 g/mol. The molecule has 1 saturated heterocycles. The van der Waals surface area contributed by atoms with Gasteiger partial charge in [-0.25, -0.2) is 4.79 Å². The predicted molar refractivity (Wildman–Crippen MR) is 99.6 cm³/mol. The maximum absolute atomic E-state index is 13.2. The molecule has 0 unspecified atom stereocenters. The maximum atomic E-state index is 13.2. The van der Waals surface area contributed by atoms with Gasteiger partial charge < -0.3 is 10.0 Å². The lowest BCUT2D eigenvalue weighted by Crippen LogP contribution is -2.46. The third-order valence-corrected chi connectivity index (χ3v) is 6.15. The lowest BCUT2D eigenvalue weighted by Gasteiger charge is -2.33. The van der Waals surface area contributed by atoms with Crippen LogP contribution in [0.1, 0.15) is 42.5 Å². The molecule has 1 aliphatic heterocycles. The van der Waals surface area contributed by atoms with Crippen LogP contribution in [0.25, 0.3) is 10.8 Å². The summed E-state index contributed by atoms with van der Waals surface area (Å²) in [5.41, 5.74) is 0.576. The van der Waals surface area contributed by atoms with Crippen molar-refractivity contribution in [3.05, 3.63) is 46.4 Å². The van der Waals surface area contributed by atoms with Crippen molar-refractivity contribution >= 4 is 38.6 Å². The van der Waals surface area contributed by atoms with Crippen LogP contribution in [0.15, 0.2) is 40.9 Å². The van der Waals surface area contributed by atoms with Gasteiger partial charge in [-0.05, 0) is 60.2 Å². The molecule has 3 atom stereocenters. The number of hydrogen-bond acceptors (Lipinski definition) is 2. The van der Waals surface area contributed by atoms with Crippen molar-refractivity contribution in [3.8, 4) is 0 Å². The highest BCUT2D eigenvalue weighted by Crippen LogP contribution is 2.40. The SMILES string of the molecule is O=C(O)[C@@H]1C[C@@H]2CCCC[C@@H]2N1C(=O)c1ccc2cc(Br)ccc2c1. The summed E-state index contributed by atoms with van der Waals surface area (Å²) in [5, 5.41) is 11.7. The molecular formula is C20H20BrNO3. The van der Waals surface area contributed by atoms with Crippen LogP contribution < -0.4 is 0 Å². The molecule has 0 spiro atoms. The Hall–Kier alpha value is -1.88. The molecule has 25 heavy (non-hydrogen) atoms. The van der Waals surface area contributed by atoms with Crippen LogP contribution in [0.5, 0.6) is 0 Å². The van der Waals surface area contributed by atoms with Crippen LogP contribution in [0, 0.1) is 5.92 Å². The van der Waals surface area contributed by atoms with Crippen LogP contribution in [0.2, 0.25) is 0 Å². The topological polar surface area (TPSA) is 57.6 Å². The normalized spacial score (nSPS) is 25.8. The van der Waals surface area contributed by atoms with E-state index in [1.807, 2.05) is 36.4 Å². The average molecular weight is 402 g/mol.